The number of para-hydroxylation sites is 2. The summed E-state index contributed by atoms with van der Waals surface area (Å²) < 4.78 is 0. The van der Waals surface area contributed by atoms with E-state index in [-0.39, 0.29) is 17.5 Å². The summed E-state index contributed by atoms with van der Waals surface area (Å²) >= 11 is 3.08. The van der Waals surface area contributed by atoms with Crippen molar-refractivity contribution in [3.63, 3.8) is 0 Å². The average Bonchev–Trinajstić information content (AvgIpc) is 3.08. The van der Waals surface area contributed by atoms with Crippen LogP contribution in [0.1, 0.15) is 28.4 Å². The molecule has 0 radical (unpaired) electrons. The zero-order valence-corrected chi connectivity index (χ0v) is 26.9. The Morgan fingerprint density at radius 2 is 1.39 bits per heavy atom. The second kappa shape index (κ2) is 13.9. The Bertz CT molecular complexity index is 1900. The van der Waals surface area contributed by atoms with E-state index in [1.165, 1.54) is 11.8 Å². The summed E-state index contributed by atoms with van der Waals surface area (Å²) in [4.78, 5) is 45.2. The lowest BCUT2D eigenvalue weighted by Crippen LogP contribution is -2.34. The molecule has 0 fully saturated rings. The van der Waals surface area contributed by atoms with Crippen LogP contribution in [-0.4, -0.2) is 23.0 Å². The minimum absolute atomic E-state index is 0.0356. The average molecular weight is 642 g/mol. The Labute approximate surface area is 276 Å². The largest absolute Gasteiger partial charge is 0.321 e. The predicted octanol–water partition coefficient (Wildman–Crippen LogP) is 8.71. The van der Waals surface area contributed by atoms with Gasteiger partial charge < -0.3 is 10.6 Å². The molecule has 0 saturated carbocycles. The summed E-state index contributed by atoms with van der Waals surface area (Å²) in [5.41, 5.74) is 4.71. The number of hydrogen-bond donors (Lipinski definition) is 2. The van der Waals surface area contributed by atoms with E-state index in [2.05, 4.69) is 10.6 Å². The molecule has 6 nitrogen and oxygen atoms in total. The summed E-state index contributed by atoms with van der Waals surface area (Å²) in [6.45, 7) is 3.88. The molecule has 8 heteroatoms. The lowest BCUT2D eigenvalue weighted by molar-refractivity contribution is -0.117. The molecule has 0 aromatic heterocycles. The molecule has 3 amide bonds. The Hall–Kier alpha value is -5.05. The molecular formula is C38H31N3O3S2. The monoisotopic (exact) mass is 641 g/mol. The van der Waals surface area contributed by atoms with Gasteiger partial charge in [-0.05, 0) is 80.1 Å². The Morgan fingerprint density at radius 1 is 0.761 bits per heavy atom. The lowest BCUT2D eigenvalue weighted by Gasteiger charge is -2.32. The van der Waals surface area contributed by atoms with Crippen molar-refractivity contribution < 1.29 is 14.4 Å². The standard InChI is InChI=1S/C38H31N3O3S2/c1-25-19-21-27(22-20-25)23-31(40-36(42)28-11-4-3-5-12-28)37(43)39-29-13-10-14-30(24-29)45-26(2)38(44)41-32-15-6-8-17-34(32)46-35-18-9-7-16-33(35)41/h3-24,26H,1-2H3,(H,39,43)(H,40,42)/b31-23+. The fourth-order valence-electron chi connectivity index (χ4n) is 5.00. The van der Waals surface area contributed by atoms with Crippen molar-refractivity contribution in [2.24, 2.45) is 0 Å². The van der Waals surface area contributed by atoms with E-state index in [1.807, 2.05) is 116 Å². The first-order chi connectivity index (χ1) is 22.4. The topological polar surface area (TPSA) is 78.5 Å². The van der Waals surface area contributed by atoms with E-state index in [0.717, 1.165) is 37.2 Å². The number of rotatable bonds is 8. The summed E-state index contributed by atoms with van der Waals surface area (Å²) in [6, 6.07) is 39.7. The third kappa shape index (κ3) is 7.09. The number of thioether (sulfide) groups is 1. The molecule has 0 saturated heterocycles. The van der Waals surface area contributed by atoms with Crippen molar-refractivity contribution in [2.45, 2.75) is 33.8 Å². The smallest absolute Gasteiger partial charge is 0.272 e. The van der Waals surface area contributed by atoms with Gasteiger partial charge in [0.25, 0.3) is 11.8 Å². The molecule has 5 aromatic rings. The fraction of sp³-hybridized carbons (Fsp3) is 0.0789. The first-order valence-electron chi connectivity index (χ1n) is 14.8. The van der Waals surface area contributed by atoms with Crippen molar-refractivity contribution in [1.29, 1.82) is 0 Å². The van der Waals surface area contributed by atoms with E-state index in [9.17, 15) is 14.4 Å². The molecule has 5 aromatic carbocycles. The highest BCUT2D eigenvalue weighted by Crippen LogP contribution is 2.48. The van der Waals surface area contributed by atoms with Crippen LogP contribution < -0.4 is 15.5 Å². The van der Waals surface area contributed by atoms with Crippen LogP contribution in [0.2, 0.25) is 0 Å². The number of nitrogens with zero attached hydrogens (tertiary/aromatic N) is 1. The zero-order valence-electron chi connectivity index (χ0n) is 25.3. The SMILES string of the molecule is Cc1ccc(/C=C(/NC(=O)c2ccccc2)C(=O)Nc2cccc(SC(C)C(=O)N3c4ccccc4Sc4ccccc43)c2)cc1. The van der Waals surface area contributed by atoms with E-state index >= 15 is 0 Å². The molecule has 228 valence electrons. The maximum atomic E-state index is 14.0. The van der Waals surface area contributed by atoms with Gasteiger partial charge in [-0.1, -0.05) is 90.1 Å². The number of carbonyl (C=O) groups excluding carboxylic acids is 3. The highest BCUT2D eigenvalue weighted by molar-refractivity contribution is 8.00. The van der Waals surface area contributed by atoms with Crippen molar-refractivity contribution in [3.8, 4) is 0 Å². The number of anilines is 3. The third-order valence-corrected chi connectivity index (χ3v) is 9.53. The molecule has 6 rings (SSSR count). The minimum Gasteiger partial charge on any atom is -0.321 e. The van der Waals surface area contributed by atoms with E-state index in [4.69, 9.17) is 0 Å². The van der Waals surface area contributed by atoms with Crippen LogP contribution in [0.3, 0.4) is 0 Å². The number of hydrogen-bond acceptors (Lipinski definition) is 5. The Morgan fingerprint density at radius 3 is 2.07 bits per heavy atom. The van der Waals surface area contributed by atoms with Gasteiger partial charge in [-0.15, -0.1) is 11.8 Å². The molecule has 0 bridgehead atoms. The highest BCUT2D eigenvalue weighted by atomic mass is 32.2. The molecule has 46 heavy (non-hydrogen) atoms. The zero-order chi connectivity index (χ0) is 32.0. The van der Waals surface area contributed by atoms with Crippen LogP contribution in [-0.2, 0) is 9.59 Å². The van der Waals surface area contributed by atoms with Crippen molar-refractivity contribution >= 4 is 64.4 Å². The molecule has 0 spiro atoms. The van der Waals surface area contributed by atoms with Gasteiger partial charge in [-0.25, -0.2) is 0 Å². The van der Waals surface area contributed by atoms with Crippen LogP contribution in [0.5, 0.6) is 0 Å². The van der Waals surface area contributed by atoms with E-state index < -0.39 is 11.2 Å². The first-order valence-corrected chi connectivity index (χ1v) is 16.5. The number of nitrogens with one attached hydrogen (secondary N) is 2. The molecule has 1 aliphatic rings. The molecule has 1 heterocycles. The first kappa shape index (κ1) is 31.0. The number of amides is 3. The van der Waals surface area contributed by atoms with Gasteiger partial charge in [0.15, 0.2) is 0 Å². The molecule has 1 atom stereocenters. The number of benzene rings is 5. The molecule has 1 aliphatic heterocycles. The summed E-state index contributed by atoms with van der Waals surface area (Å²) in [5.74, 6) is -0.883. The Kier molecular flexibility index (Phi) is 9.38. The van der Waals surface area contributed by atoms with Gasteiger partial charge in [-0.3, -0.25) is 19.3 Å². The number of aryl methyl sites for hydroxylation is 1. The summed E-state index contributed by atoms with van der Waals surface area (Å²) in [5, 5.41) is 5.29. The van der Waals surface area contributed by atoms with Crippen molar-refractivity contribution in [2.75, 3.05) is 10.2 Å². The van der Waals surface area contributed by atoms with Gasteiger partial charge in [0.2, 0.25) is 5.91 Å². The maximum absolute atomic E-state index is 14.0. The van der Waals surface area contributed by atoms with E-state index in [1.54, 1.807) is 48.2 Å². The van der Waals surface area contributed by atoms with Crippen molar-refractivity contribution in [3.05, 3.63) is 150 Å². The van der Waals surface area contributed by atoms with Crippen LogP contribution in [0.4, 0.5) is 17.1 Å². The highest BCUT2D eigenvalue weighted by Gasteiger charge is 2.31. The maximum Gasteiger partial charge on any atom is 0.272 e. The summed E-state index contributed by atoms with van der Waals surface area (Å²) in [6.07, 6.45) is 1.65. The molecule has 1 unspecified atom stereocenters. The van der Waals surface area contributed by atoms with Crippen LogP contribution in [0, 0.1) is 6.92 Å². The Balaban J connectivity index is 1.20. The molecular weight excluding hydrogens is 611 g/mol. The van der Waals surface area contributed by atoms with Crippen LogP contribution >= 0.6 is 23.5 Å². The lowest BCUT2D eigenvalue weighted by atomic mass is 10.1. The van der Waals surface area contributed by atoms with Gasteiger partial charge >= 0.3 is 0 Å². The normalized spacial score (nSPS) is 12.8. The van der Waals surface area contributed by atoms with Gasteiger partial charge in [0.05, 0.1) is 16.6 Å². The van der Waals surface area contributed by atoms with Crippen molar-refractivity contribution in [1.82, 2.24) is 5.32 Å². The van der Waals surface area contributed by atoms with Crippen LogP contribution in [0.15, 0.2) is 148 Å². The van der Waals surface area contributed by atoms with Gasteiger partial charge in [0, 0.05) is 25.9 Å². The quantitative estimate of drug-likeness (QED) is 0.131. The number of carbonyl (C=O) groups is 3. The fourth-order valence-corrected chi connectivity index (χ4v) is 7.02. The second-order valence-corrected chi connectivity index (χ2v) is 13.2. The van der Waals surface area contributed by atoms with Gasteiger partial charge in [-0.2, -0.15) is 0 Å². The predicted molar refractivity (Wildman–Crippen MR) is 188 cm³/mol. The third-order valence-electron chi connectivity index (χ3n) is 7.32. The molecule has 2 N–H and O–H groups in total. The summed E-state index contributed by atoms with van der Waals surface area (Å²) in [7, 11) is 0. The van der Waals surface area contributed by atoms with Crippen LogP contribution in [0.25, 0.3) is 6.08 Å². The van der Waals surface area contributed by atoms with E-state index in [0.29, 0.717) is 11.3 Å². The molecule has 0 aliphatic carbocycles. The second-order valence-electron chi connectivity index (χ2n) is 10.7. The van der Waals surface area contributed by atoms with Gasteiger partial charge in [0.1, 0.15) is 5.70 Å². The number of fused-ring (bicyclic) bond motifs is 2. The minimum atomic E-state index is -0.463.